The SMILES string of the molecule is CN=C(NCCc1ccc(Cl)s1)NCc1ccc(F)cc1.I. The van der Waals surface area contributed by atoms with Gasteiger partial charge < -0.3 is 10.6 Å². The second-order valence-corrected chi connectivity index (χ2v) is 6.23. The lowest BCUT2D eigenvalue weighted by molar-refractivity contribution is 0.626. The summed E-state index contributed by atoms with van der Waals surface area (Å²) in [5.74, 6) is 0.498. The summed E-state index contributed by atoms with van der Waals surface area (Å²) in [7, 11) is 1.72. The molecule has 2 rings (SSSR count). The molecule has 120 valence electrons. The van der Waals surface area contributed by atoms with Crippen LogP contribution in [0.5, 0.6) is 0 Å². The van der Waals surface area contributed by atoms with E-state index in [1.54, 1.807) is 30.5 Å². The zero-order valence-electron chi connectivity index (χ0n) is 12.1. The molecular weight excluding hydrogens is 436 g/mol. The number of aliphatic imine (C=N–C) groups is 1. The fourth-order valence-electron chi connectivity index (χ4n) is 1.80. The number of benzene rings is 1. The van der Waals surface area contributed by atoms with Crippen molar-refractivity contribution in [3.05, 3.63) is 57.0 Å². The fraction of sp³-hybridized carbons (Fsp3) is 0.267. The van der Waals surface area contributed by atoms with Crippen molar-refractivity contribution < 1.29 is 4.39 Å². The van der Waals surface area contributed by atoms with Gasteiger partial charge in [0.05, 0.1) is 4.34 Å². The maximum Gasteiger partial charge on any atom is 0.191 e. The first kappa shape index (κ1) is 19.2. The first-order valence-corrected chi connectivity index (χ1v) is 7.80. The standard InChI is InChI=1S/C15H17ClFN3S.HI/c1-18-15(19-9-8-13-6-7-14(16)21-13)20-10-11-2-4-12(17)5-3-11;/h2-7H,8-10H2,1H3,(H2,18,19,20);1H. The highest BCUT2D eigenvalue weighted by Crippen LogP contribution is 2.21. The lowest BCUT2D eigenvalue weighted by Gasteiger charge is -2.11. The molecule has 0 atom stereocenters. The molecule has 0 aliphatic rings. The van der Waals surface area contributed by atoms with Crippen LogP contribution in [0.15, 0.2) is 41.4 Å². The Kier molecular flexibility index (Phi) is 8.74. The van der Waals surface area contributed by atoms with Crippen LogP contribution in [-0.2, 0) is 13.0 Å². The van der Waals surface area contributed by atoms with Gasteiger partial charge in [0.25, 0.3) is 0 Å². The molecule has 0 radical (unpaired) electrons. The smallest absolute Gasteiger partial charge is 0.191 e. The third-order valence-corrected chi connectivity index (χ3v) is 4.18. The Bertz CT molecular complexity index is 601. The summed E-state index contributed by atoms with van der Waals surface area (Å²) in [4.78, 5) is 5.39. The molecule has 0 bridgehead atoms. The van der Waals surface area contributed by atoms with Gasteiger partial charge in [0, 0.05) is 25.0 Å². The van der Waals surface area contributed by atoms with Crippen LogP contribution in [0.25, 0.3) is 0 Å². The maximum atomic E-state index is 12.8. The van der Waals surface area contributed by atoms with E-state index in [1.165, 1.54) is 17.0 Å². The van der Waals surface area contributed by atoms with Gasteiger partial charge in [-0.3, -0.25) is 4.99 Å². The molecule has 0 saturated heterocycles. The molecule has 1 aromatic heterocycles. The molecule has 0 amide bonds. The van der Waals surface area contributed by atoms with Crippen molar-refractivity contribution in [1.29, 1.82) is 0 Å². The van der Waals surface area contributed by atoms with Crippen molar-refractivity contribution in [3.8, 4) is 0 Å². The molecule has 2 N–H and O–H groups in total. The minimum absolute atomic E-state index is 0. The van der Waals surface area contributed by atoms with Crippen molar-refractivity contribution in [2.75, 3.05) is 13.6 Å². The van der Waals surface area contributed by atoms with Crippen LogP contribution in [0.3, 0.4) is 0 Å². The predicted octanol–water partition coefficient (Wildman–Crippen LogP) is 4.07. The van der Waals surface area contributed by atoms with E-state index in [9.17, 15) is 4.39 Å². The number of guanidine groups is 1. The van der Waals surface area contributed by atoms with E-state index in [4.69, 9.17) is 11.6 Å². The van der Waals surface area contributed by atoms with Crippen molar-refractivity contribution in [1.82, 2.24) is 10.6 Å². The fourth-order valence-corrected chi connectivity index (χ4v) is 2.89. The topological polar surface area (TPSA) is 36.4 Å². The van der Waals surface area contributed by atoms with Crippen LogP contribution < -0.4 is 10.6 Å². The summed E-state index contributed by atoms with van der Waals surface area (Å²) in [6.45, 7) is 1.38. The zero-order chi connectivity index (χ0) is 15.1. The number of thiophene rings is 1. The van der Waals surface area contributed by atoms with Crippen LogP contribution in [0, 0.1) is 5.82 Å². The summed E-state index contributed by atoms with van der Waals surface area (Å²) >= 11 is 7.48. The summed E-state index contributed by atoms with van der Waals surface area (Å²) in [5.41, 5.74) is 1.00. The molecule has 0 aliphatic heterocycles. The first-order valence-electron chi connectivity index (χ1n) is 6.60. The van der Waals surface area contributed by atoms with Crippen molar-refractivity contribution in [2.45, 2.75) is 13.0 Å². The van der Waals surface area contributed by atoms with Crippen LogP contribution in [-0.4, -0.2) is 19.6 Å². The molecule has 1 heterocycles. The molecule has 7 heteroatoms. The van der Waals surface area contributed by atoms with Crippen molar-refractivity contribution in [3.63, 3.8) is 0 Å². The molecule has 1 aromatic carbocycles. The van der Waals surface area contributed by atoms with Gasteiger partial charge in [-0.15, -0.1) is 35.3 Å². The molecule has 0 aliphatic carbocycles. The van der Waals surface area contributed by atoms with E-state index < -0.39 is 0 Å². The van der Waals surface area contributed by atoms with E-state index in [1.807, 2.05) is 12.1 Å². The Balaban J connectivity index is 0.00000242. The van der Waals surface area contributed by atoms with Gasteiger partial charge in [-0.25, -0.2) is 4.39 Å². The van der Waals surface area contributed by atoms with Crippen LogP contribution in [0.2, 0.25) is 4.34 Å². The third kappa shape index (κ3) is 6.50. The first-order chi connectivity index (χ1) is 10.2. The van der Waals surface area contributed by atoms with E-state index >= 15 is 0 Å². The maximum absolute atomic E-state index is 12.8. The average Bonchev–Trinajstić information content (AvgIpc) is 2.90. The Labute approximate surface area is 156 Å². The molecule has 3 nitrogen and oxygen atoms in total. The summed E-state index contributed by atoms with van der Waals surface area (Å²) in [5, 5.41) is 6.43. The largest absolute Gasteiger partial charge is 0.356 e. The number of nitrogens with one attached hydrogen (secondary N) is 2. The van der Waals surface area contributed by atoms with Crippen molar-refractivity contribution >= 4 is 52.9 Å². The lowest BCUT2D eigenvalue weighted by atomic mass is 10.2. The Hall–Kier alpha value is -0.860. The van der Waals surface area contributed by atoms with Crippen LogP contribution in [0.1, 0.15) is 10.4 Å². The lowest BCUT2D eigenvalue weighted by Crippen LogP contribution is -2.37. The second-order valence-electron chi connectivity index (χ2n) is 4.43. The molecule has 0 saturated carbocycles. The Morgan fingerprint density at radius 1 is 1.18 bits per heavy atom. The van der Waals surface area contributed by atoms with Gasteiger partial charge in [-0.1, -0.05) is 23.7 Å². The number of hydrogen-bond donors (Lipinski definition) is 2. The molecule has 0 spiro atoms. The molecule has 0 unspecified atom stereocenters. The predicted molar refractivity (Wildman–Crippen MR) is 103 cm³/mol. The molecule has 22 heavy (non-hydrogen) atoms. The molecular formula is C15H18ClFIN3S. The highest BCUT2D eigenvalue weighted by atomic mass is 127. The third-order valence-electron chi connectivity index (χ3n) is 2.89. The Morgan fingerprint density at radius 2 is 1.91 bits per heavy atom. The van der Waals surface area contributed by atoms with E-state index in [2.05, 4.69) is 15.6 Å². The zero-order valence-corrected chi connectivity index (χ0v) is 16.0. The van der Waals surface area contributed by atoms with Crippen LogP contribution in [0.4, 0.5) is 4.39 Å². The summed E-state index contributed by atoms with van der Waals surface area (Å²) < 4.78 is 13.6. The molecule has 0 fully saturated rings. The highest BCUT2D eigenvalue weighted by molar-refractivity contribution is 14.0. The van der Waals surface area contributed by atoms with Gasteiger partial charge >= 0.3 is 0 Å². The number of nitrogens with zero attached hydrogens (tertiary/aromatic N) is 1. The number of halogens is 3. The van der Waals surface area contributed by atoms with Gasteiger partial charge in [-0.05, 0) is 36.2 Å². The van der Waals surface area contributed by atoms with Gasteiger partial charge in [0.2, 0.25) is 0 Å². The summed E-state index contributed by atoms with van der Waals surface area (Å²) in [6.07, 6.45) is 0.897. The van der Waals surface area contributed by atoms with E-state index in [0.717, 1.165) is 28.8 Å². The molecule has 2 aromatic rings. The van der Waals surface area contributed by atoms with Gasteiger partial charge in [-0.2, -0.15) is 0 Å². The average molecular weight is 454 g/mol. The highest BCUT2D eigenvalue weighted by Gasteiger charge is 2.01. The number of hydrogen-bond acceptors (Lipinski definition) is 2. The van der Waals surface area contributed by atoms with E-state index in [-0.39, 0.29) is 29.8 Å². The van der Waals surface area contributed by atoms with Gasteiger partial charge in [0.1, 0.15) is 5.82 Å². The normalized spacial score (nSPS) is 11.0. The monoisotopic (exact) mass is 453 g/mol. The quantitative estimate of drug-likeness (QED) is 0.407. The minimum Gasteiger partial charge on any atom is -0.356 e. The van der Waals surface area contributed by atoms with Crippen LogP contribution >= 0.6 is 46.9 Å². The Morgan fingerprint density at radius 3 is 2.50 bits per heavy atom. The van der Waals surface area contributed by atoms with Gasteiger partial charge in [0.15, 0.2) is 5.96 Å². The summed E-state index contributed by atoms with van der Waals surface area (Å²) in [6, 6.07) is 10.3. The second kappa shape index (κ2) is 10.0. The number of rotatable bonds is 5. The van der Waals surface area contributed by atoms with Crippen molar-refractivity contribution in [2.24, 2.45) is 4.99 Å². The minimum atomic E-state index is -0.226. The van der Waals surface area contributed by atoms with E-state index in [0.29, 0.717) is 6.54 Å².